The van der Waals surface area contributed by atoms with E-state index in [-0.39, 0.29) is 17.0 Å². The summed E-state index contributed by atoms with van der Waals surface area (Å²) in [5, 5.41) is -0.429. The summed E-state index contributed by atoms with van der Waals surface area (Å²) < 4.78 is 47.4. The lowest BCUT2D eigenvalue weighted by Gasteiger charge is -2.10. The molecule has 0 radical (unpaired) electrons. The molecule has 0 saturated heterocycles. The van der Waals surface area contributed by atoms with Crippen LogP contribution in [0, 0.1) is 17.5 Å². The van der Waals surface area contributed by atoms with Gasteiger partial charge in [-0.2, -0.15) is 0 Å². The van der Waals surface area contributed by atoms with Crippen LogP contribution in [0.4, 0.5) is 24.5 Å². The average molecular weight is 335 g/mol. The normalized spacial score (nSPS) is 11.2. The van der Waals surface area contributed by atoms with Gasteiger partial charge in [-0.1, -0.05) is 0 Å². The van der Waals surface area contributed by atoms with E-state index in [1.165, 1.54) is 12.1 Å². The summed E-state index contributed by atoms with van der Waals surface area (Å²) in [6.07, 6.45) is 0. The van der Waals surface area contributed by atoms with Gasteiger partial charge in [0.05, 0.1) is 16.8 Å². The Morgan fingerprint density at radius 2 is 1.75 bits per heavy atom. The van der Waals surface area contributed by atoms with Crippen molar-refractivity contribution < 1.29 is 17.6 Å². The van der Waals surface area contributed by atoms with E-state index in [0.29, 0.717) is 0 Å². The van der Waals surface area contributed by atoms with Gasteiger partial charge in [-0.3, -0.25) is 4.79 Å². The highest BCUT2D eigenvalue weighted by molar-refractivity contribution is 5.91. The molecule has 24 heavy (non-hydrogen) atoms. The molecule has 8 heteroatoms. The van der Waals surface area contributed by atoms with Crippen molar-refractivity contribution in [3.63, 3.8) is 0 Å². The number of halogens is 3. The standard InChI is InChI=1S/C16H12F3N3O2/c17-8-3-6(1-2-9(8)21)11-4-10(23)12-15(22)13(18)7(5-20)14(19)16(12)24-11/h1-4H,5,20-22H2. The van der Waals surface area contributed by atoms with Crippen LogP contribution in [-0.2, 0) is 6.54 Å². The summed E-state index contributed by atoms with van der Waals surface area (Å²) in [5.74, 6) is -3.05. The Hall–Kier alpha value is -3.00. The van der Waals surface area contributed by atoms with Gasteiger partial charge in [0.15, 0.2) is 22.6 Å². The molecule has 0 aliphatic rings. The van der Waals surface area contributed by atoms with Gasteiger partial charge in [-0.15, -0.1) is 0 Å². The molecule has 0 amide bonds. The molecule has 124 valence electrons. The molecule has 0 bridgehead atoms. The van der Waals surface area contributed by atoms with Crippen molar-refractivity contribution in [2.45, 2.75) is 6.54 Å². The Kier molecular flexibility index (Phi) is 3.69. The summed E-state index contributed by atoms with van der Waals surface area (Å²) in [4.78, 5) is 12.2. The van der Waals surface area contributed by atoms with E-state index < -0.39 is 51.6 Å². The van der Waals surface area contributed by atoms with E-state index in [1.807, 2.05) is 0 Å². The minimum atomic E-state index is -1.12. The molecule has 0 spiro atoms. The first-order valence-electron chi connectivity index (χ1n) is 6.83. The summed E-state index contributed by atoms with van der Waals surface area (Å²) in [5.41, 5.74) is 14.0. The van der Waals surface area contributed by atoms with Crippen LogP contribution in [0.15, 0.2) is 33.5 Å². The van der Waals surface area contributed by atoms with Crippen molar-refractivity contribution >= 4 is 22.3 Å². The zero-order valence-electron chi connectivity index (χ0n) is 12.2. The SMILES string of the molecule is NCc1c(F)c(N)c2c(=O)cc(-c3ccc(N)c(F)c3)oc2c1F. The van der Waals surface area contributed by atoms with Gasteiger partial charge >= 0.3 is 0 Å². The topological polar surface area (TPSA) is 108 Å². The number of fused-ring (bicyclic) bond motifs is 1. The van der Waals surface area contributed by atoms with E-state index in [9.17, 15) is 18.0 Å². The second kappa shape index (κ2) is 5.57. The van der Waals surface area contributed by atoms with Crippen LogP contribution in [0.1, 0.15) is 5.56 Å². The minimum absolute atomic E-state index is 0.0928. The third-order valence-corrected chi connectivity index (χ3v) is 3.67. The van der Waals surface area contributed by atoms with Crippen LogP contribution in [0.3, 0.4) is 0 Å². The predicted molar refractivity (Wildman–Crippen MR) is 84.5 cm³/mol. The molecule has 6 N–H and O–H groups in total. The quantitative estimate of drug-likeness (QED) is 0.624. The molecule has 1 aromatic heterocycles. The maximum atomic E-state index is 14.4. The van der Waals surface area contributed by atoms with Gasteiger partial charge in [-0.25, -0.2) is 13.2 Å². The zero-order chi connectivity index (χ0) is 17.6. The molecule has 0 unspecified atom stereocenters. The number of benzene rings is 2. The van der Waals surface area contributed by atoms with Gasteiger partial charge in [0.1, 0.15) is 11.6 Å². The minimum Gasteiger partial charge on any atom is -0.453 e. The zero-order valence-corrected chi connectivity index (χ0v) is 12.2. The number of hydrogen-bond donors (Lipinski definition) is 3. The third-order valence-electron chi connectivity index (χ3n) is 3.67. The summed E-state index contributed by atoms with van der Waals surface area (Å²) in [6, 6.07) is 4.69. The Morgan fingerprint density at radius 1 is 1.04 bits per heavy atom. The van der Waals surface area contributed by atoms with Crippen molar-refractivity contribution in [1.29, 1.82) is 0 Å². The van der Waals surface area contributed by atoms with Crippen molar-refractivity contribution in [3.8, 4) is 11.3 Å². The fourth-order valence-electron chi connectivity index (χ4n) is 2.41. The molecule has 2 aromatic carbocycles. The van der Waals surface area contributed by atoms with Gasteiger partial charge in [-0.05, 0) is 18.2 Å². The van der Waals surface area contributed by atoms with Crippen molar-refractivity contribution in [2.24, 2.45) is 5.73 Å². The van der Waals surface area contributed by atoms with E-state index in [1.54, 1.807) is 0 Å². The predicted octanol–water partition coefficient (Wildman–Crippen LogP) is 2.50. The first kappa shape index (κ1) is 15.9. The highest BCUT2D eigenvalue weighted by Gasteiger charge is 2.22. The highest BCUT2D eigenvalue weighted by atomic mass is 19.1. The van der Waals surface area contributed by atoms with E-state index in [2.05, 4.69) is 0 Å². The van der Waals surface area contributed by atoms with Crippen molar-refractivity contribution in [1.82, 2.24) is 0 Å². The largest absolute Gasteiger partial charge is 0.453 e. The fraction of sp³-hybridized carbons (Fsp3) is 0.0625. The van der Waals surface area contributed by atoms with Crippen LogP contribution in [-0.4, -0.2) is 0 Å². The number of nitrogen functional groups attached to an aromatic ring is 2. The van der Waals surface area contributed by atoms with Crippen LogP contribution in [0.2, 0.25) is 0 Å². The molecular formula is C16H12F3N3O2. The Balaban J connectivity index is 2.38. The number of anilines is 2. The van der Waals surface area contributed by atoms with Crippen molar-refractivity contribution in [2.75, 3.05) is 11.5 Å². The second-order valence-electron chi connectivity index (χ2n) is 5.14. The number of hydrogen-bond acceptors (Lipinski definition) is 5. The molecule has 0 fully saturated rings. The maximum absolute atomic E-state index is 14.4. The molecule has 5 nitrogen and oxygen atoms in total. The van der Waals surface area contributed by atoms with Gasteiger partial charge < -0.3 is 21.6 Å². The number of nitrogens with two attached hydrogens (primary N) is 3. The van der Waals surface area contributed by atoms with E-state index in [4.69, 9.17) is 21.6 Å². The lowest BCUT2D eigenvalue weighted by atomic mass is 10.1. The molecular weight excluding hydrogens is 323 g/mol. The third kappa shape index (κ3) is 2.28. The molecule has 3 rings (SSSR count). The van der Waals surface area contributed by atoms with Crippen LogP contribution in [0.5, 0.6) is 0 Å². The molecule has 0 aliphatic carbocycles. The van der Waals surface area contributed by atoms with Crippen LogP contribution < -0.4 is 22.6 Å². The smallest absolute Gasteiger partial charge is 0.195 e. The monoisotopic (exact) mass is 335 g/mol. The Morgan fingerprint density at radius 3 is 2.38 bits per heavy atom. The van der Waals surface area contributed by atoms with Gasteiger partial charge in [0.25, 0.3) is 0 Å². The Bertz CT molecular complexity index is 1030. The molecule has 0 atom stereocenters. The first-order chi connectivity index (χ1) is 11.3. The second-order valence-corrected chi connectivity index (χ2v) is 5.14. The average Bonchev–Trinajstić information content (AvgIpc) is 2.55. The van der Waals surface area contributed by atoms with Crippen molar-refractivity contribution in [3.05, 3.63) is 57.5 Å². The summed E-state index contributed by atoms with van der Waals surface area (Å²) in [6.45, 7) is -0.470. The maximum Gasteiger partial charge on any atom is 0.195 e. The van der Waals surface area contributed by atoms with E-state index in [0.717, 1.165) is 12.1 Å². The Labute approximate surface area is 133 Å². The number of rotatable bonds is 2. The molecule has 0 saturated carbocycles. The summed E-state index contributed by atoms with van der Waals surface area (Å²) in [7, 11) is 0. The highest BCUT2D eigenvalue weighted by Crippen LogP contribution is 2.32. The molecule has 1 heterocycles. The summed E-state index contributed by atoms with van der Waals surface area (Å²) >= 11 is 0. The molecule has 3 aromatic rings. The van der Waals surface area contributed by atoms with Crippen LogP contribution >= 0.6 is 0 Å². The van der Waals surface area contributed by atoms with Crippen LogP contribution in [0.25, 0.3) is 22.3 Å². The fourth-order valence-corrected chi connectivity index (χ4v) is 2.41. The molecule has 0 aliphatic heterocycles. The first-order valence-corrected chi connectivity index (χ1v) is 6.83. The lowest BCUT2D eigenvalue weighted by Crippen LogP contribution is -2.12. The van der Waals surface area contributed by atoms with Gasteiger partial charge in [0, 0.05) is 23.7 Å². The van der Waals surface area contributed by atoms with E-state index >= 15 is 0 Å². The van der Waals surface area contributed by atoms with Gasteiger partial charge in [0.2, 0.25) is 0 Å². The lowest BCUT2D eigenvalue weighted by molar-refractivity contribution is 0.530.